The fraction of sp³-hybridized carbons (Fsp3) is 0.600. The van der Waals surface area contributed by atoms with Crippen molar-refractivity contribution in [1.82, 2.24) is 25.1 Å². The van der Waals surface area contributed by atoms with Gasteiger partial charge >= 0.3 is 0 Å². The van der Waals surface area contributed by atoms with E-state index in [1.54, 1.807) is 11.3 Å². The zero-order valence-electron chi connectivity index (χ0n) is 17.2. The van der Waals surface area contributed by atoms with Gasteiger partial charge in [0.1, 0.15) is 15.7 Å². The Hall–Kier alpha value is -1.51. The summed E-state index contributed by atoms with van der Waals surface area (Å²) in [4.78, 5) is 14.6. The highest BCUT2D eigenvalue weighted by atomic mass is 32.2. The van der Waals surface area contributed by atoms with E-state index in [0.717, 1.165) is 46.6 Å². The van der Waals surface area contributed by atoms with Crippen molar-refractivity contribution in [2.75, 3.05) is 13.1 Å². The number of rotatable bonds is 5. The van der Waals surface area contributed by atoms with Crippen LogP contribution in [0.25, 0.3) is 10.2 Å². The maximum absolute atomic E-state index is 5.82. The lowest BCUT2D eigenvalue weighted by atomic mass is 9.99. The van der Waals surface area contributed by atoms with Gasteiger partial charge in [0.05, 0.1) is 6.54 Å². The van der Waals surface area contributed by atoms with Crippen molar-refractivity contribution < 1.29 is 4.42 Å². The minimum atomic E-state index is 0.217. The standard InChI is InChI=1S/C20H27N5OS2/c1-11(2)17-23-24-20(26-17)28-19-16-13(4)14(5)27-18(16)21-15(22-19)10-25-8-6-12(3)7-9-25/h11-12H,6-10H2,1-5H3. The number of aryl methyl sites for hydroxylation is 2. The summed E-state index contributed by atoms with van der Waals surface area (Å²) in [5, 5.41) is 11.0. The lowest BCUT2D eigenvalue weighted by molar-refractivity contribution is 0.181. The molecule has 1 aliphatic heterocycles. The molecule has 0 N–H and O–H groups in total. The number of thiophene rings is 1. The Labute approximate surface area is 174 Å². The predicted molar refractivity (Wildman–Crippen MR) is 113 cm³/mol. The second kappa shape index (κ2) is 8.08. The van der Waals surface area contributed by atoms with Gasteiger partial charge in [-0.2, -0.15) is 0 Å². The molecule has 0 spiro atoms. The highest BCUT2D eigenvalue weighted by Gasteiger charge is 2.21. The monoisotopic (exact) mass is 417 g/mol. The highest BCUT2D eigenvalue weighted by molar-refractivity contribution is 7.99. The largest absolute Gasteiger partial charge is 0.415 e. The summed E-state index contributed by atoms with van der Waals surface area (Å²) in [6, 6.07) is 0. The molecule has 0 amide bonds. The quantitative estimate of drug-likeness (QED) is 0.529. The minimum Gasteiger partial charge on any atom is -0.415 e. The molecular formula is C20H27N5OS2. The first-order valence-electron chi connectivity index (χ1n) is 9.91. The molecule has 1 fully saturated rings. The van der Waals surface area contributed by atoms with Crippen molar-refractivity contribution in [2.24, 2.45) is 5.92 Å². The van der Waals surface area contributed by atoms with Gasteiger partial charge in [-0.25, -0.2) is 9.97 Å². The number of hydrogen-bond acceptors (Lipinski definition) is 8. The lowest BCUT2D eigenvalue weighted by Gasteiger charge is -2.29. The van der Waals surface area contributed by atoms with Crippen LogP contribution in [0.2, 0.25) is 0 Å². The molecule has 1 aliphatic rings. The molecule has 8 heteroatoms. The first kappa shape index (κ1) is 19.8. The van der Waals surface area contributed by atoms with E-state index in [1.165, 1.54) is 35.0 Å². The Bertz CT molecular complexity index is 973. The van der Waals surface area contributed by atoms with E-state index in [1.807, 2.05) is 0 Å². The van der Waals surface area contributed by atoms with E-state index >= 15 is 0 Å². The number of nitrogens with zero attached hydrogens (tertiary/aromatic N) is 5. The van der Waals surface area contributed by atoms with Gasteiger partial charge in [-0.1, -0.05) is 20.8 Å². The van der Waals surface area contributed by atoms with Crippen LogP contribution >= 0.6 is 23.1 Å². The molecule has 0 saturated carbocycles. The third-order valence-corrected chi connectivity index (χ3v) is 7.31. The molecule has 28 heavy (non-hydrogen) atoms. The number of fused-ring (bicyclic) bond motifs is 1. The van der Waals surface area contributed by atoms with Crippen molar-refractivity contribution in [1.29, 1.82) is 0 Å². The molecule has 3 aromatic heterocycles. The summed E-state index contributed by atoms with van der Waals surface area (Å²) in [6.45, 7) is 13.8. The summed E-state index contributed by atoms with van der Waals surface area (Å²) in [5.41, 5.74) is 1.24. The lowest BCUT2D eigenvalue weighted by Crippen LogP contribution is -2.32. The predicted octanol–water partition coefficient (Wildman–Crippen LogP) is 5.20. The van der Waals surface area contributed by atoms with E-state index in [0.29, 0.717) is 11.1 Å². The molecule has 0 unspecified atom stereocenters. The van der Waals surface area contributed by atoms with Crippen molar-refractivity contribution in [2.45, 2.75) is 70.2 Å². The Kier molecular flexibility index (Phi) is 5.71. The second-order valence-corrected chi connectivity index (χ2v) is 10.2. The van der Waals surface area contributed by atoms with Gasteiger partial charge in [-0.3, -0.25) is 4.90 Å². The van der Waals surface area contributed by atoms with E-state index in [9.17, 15) is 0 Å². The molecular weight excluding hydrogens is 390 g/mol. The number of likely N-dealkylation sites (tertiary alicyclic amines) is 1. The van der Waals surface area contributed by atoms with E-state index in [2.05, 4.69) is 49.7 Å². The topological polar surface area (TPSA) is 67.9 Å². The fourth-order valence-electron chi connectivity index (χ4n) is 3.40. The molecule has 6 nitrogen and oxygen atoms in total. The van der Waals surface area contributed by atoms with E-state index in [-0.39, 0.29) is 5.92 Å². The maximum Gasteiger partial charge on any atom is 0.282 e. The Morgan fingerprint density at radius 3 is 2.61 bits per heavy atom. The maximum atomic E-state index is 5.82. The van der Waals surface area contributed by atoms with Gasteiger partial charge in [-0.05, 0) is 63.0 Å². The van der Waals surface area contributed by atoms with Crippen LogP contribution in [0.5, 0.6) is 0 Å². The number of piperidine rings is 1. The zero-order chi connectivity index (χ0) is 19.8. The van der Waals surface area contributed by atoms with Gasteiger partial charge in [-0.15, -0.1) is 21.5 Å². The van der Waals surface area contributed by atoms with Gasteiger partial charge in [0, 0.05) is 16.2 Å². The second-order valence-electron chi connectivity index (χ2n) is 8.03. The Morgan fingerprint density at radius 2 is 1.93 bits per heavy atom. The smallest absolute Gasteiger partial charge is 0.282 e. The van der Waals surface area contributed by atoms with E-state index in [4.69, 9.17) is 14.4 Å². The van der Waals surface area contributed by atoms with Gasteiger partial charge in [0.2, 0.25) is 5.89 Å². The SMILES string of the molecule is Cc1sc2nc(CN3CCC(C)CC3)nc(Sc3nnc(C(C)C)o3)c2c1C. The van der Waals surface area contributed by atoms with Crippen molar-refractivity contribution in [3.05, 3.63) is 22.2 Å². The first-order valence-corrected chi connectivity index (χ1v) is 11.5. The summed E-state index contributed by atoms with van der Waals surface area (Å²) in [6.07, 6.45) is 2.50. The van der Waals surface area contributed by atoms with Crippen LogP contribution in [-0.4, -0.2) is 38.2 Å². The van der Waals surface area contributed by atoms with Crippen LogP contribution in [0.3, 0.4) is 0 Å². The van der Waals surface area contributed by atoms with Crippen LogP contribution in [0, 0.1) is 19.8 Å². The highest BCUT2D eigenvalue weighted by Crippen LogP contribution is 2.38. The molecule has 0 atom stereocenters. The van der Waals surface area contributed by atoms with Crippen molar-refractivity contribution >= 4 is 33.3 Å². The first-order chi connectivity index (χ1) is 13.4. The summed E-state index contributed by atoms with van der Waals surface area (Å²) < 4.78 is 5.82. The van der Waals surface area contributed by atoms with Crippen molar-refractivity contribution in [3.63, 3.8) is 0 Å². The molecule has 150 valence electrons. The zero-order valence-corrected chi connectivity index (χ0v) is 18.8. The van der Waals surface area contributed by atoms with Crippen LogP contribution in [-0.2, 0) is 6.54 Å². The Balaban J connectivity index is 1.66. The van der Waals surface area contributed by atoms with Crippen molar-refractivity contribution in [3.8, 4) is 0 Å². The average Bonchev–Trinajstić information content (AvgIpc) is 3.22. The minimum absolute atomic E-state index is 0.217. The summed E-state index contributed by atoms with van der Waals surface area (Å²) in [7, 11) is 0. The van der Waals surface area contributed by atoms with Crippen LogP contribution < -0.4 is 0 Å². The number of hydrogen-bond donors (Lipinski definition) is 0. The van der Waals surface area contributed by atoms with Gasteiger partial charge < -0.3 is 4.42 Å². The Morgan fingerprint density at radius 1 is 1.18 bits per heavy atom. The normalized spacial score (nSPS) is 16.5. The third-order valence-electron chi connectivity index (χ3n) is 5.38. The number of aromatic nitrogens is 4. The molecule has 3 aromatic rings. The molecule has 4 rings (SSSR count). The van der Waals surface area contributed by atoms with Gasteiger partial charge in [0.25, 0.3) is 5.22 Å². The van der Waals surface area contributed by atoms with Crippen LogP contribution in [0.15, 0.2) is 14.7 Å². The van der Waals surface area contributed by atoms with Crippen LogP contribution in [0.4, 0.5) is 0 Å². The summed E-state index contributed by atoms with van der Waals surface area (Å²) >= 11 is 3.20. The van der Waals surface area contributed by atoms with Gasteiger partial charge in [0.15, 0.2) is 0 Å². The molecule has 1 saturated heterocycles. The molecule has 0 aliphatic carbocycles. The third kappa shape index (κ3) is 4.09. The molecule has 0 bridgehead atoms. The molecule has 0 aromatic carbocycles. The molecule has 0 radical (unpaired) electrons. The fourth-order valence-corrected chi connectivity index (χ4v) is 5.39. The van der Waals surface area contributed by atoms with E-state index < -0.39 is 0 Å². The average molecular weight is 418 g/mol. The summed E-state index contributed by atoms with van der Waals surface area (Å²) in [5.74, 6) is 2.58. The van der Waals surface area contributed by atoms with Crippen LogP contribution in [0.1, 0.15) is 61.7 Å². The molecule has 4 heterocycles.